The maximum absolute atomic E-state index is 11.6. The quantitative estimate of drug-likeness (QED) is 0.814. The van der Waals surface area contributed by atoms with Crippen LogP contribution in [0.5, 0.6) is 0 Å². The van der Waals surface area contributed by atoms with E-state index in [1.807, 2.05) is 12.1 Å². The first-order chi connectivity index (χ1) is 10.3. The largest absolute Gasteiger partial charge is 0.461 e. The van der Waals surface area contributed by atoms with E-state index in [0.717, 1.165) is 5.56 Å². The van der Waals surface area contributed by atoms with Crippen LogP contribution < -0.4 is 5.32 Å². The van der Waals surface area contributed by atoms with Crippen LogP contribution in [0.25, 0.3) is 0 Å². The Morgan fingerprint density at radius 2 is 2.10 bits per heavy atom. The van der Waals surface area contributed by atoms with E-state index in [1.165, 1.54) is 0 Å². The van der Waals surface area contributed by atoms with Crippen LogP contribution in [0.2, 0.25) is 0 Å². The Labute approximate surface area is 122 Å². The lowest BCUT2D eigenvalue weighted by molar-refractivity contribution is -0.144. The average molecular weight is 282 g/mol. The fourth-order valence-corrected chi connectivity index (χ4v) is 1.63. The number of hydrogen-bond acceptors (Lipinski definition) is 6. The van der Waals surface area contributed by atoms with Gasteiger partial charge in [-0.3, -0.25) is 4.79 Å². The molecule has 0 bridgehead atoms. The number of anilines is 1. The predicted molar refractivity (Wildman–Crippen MR) is 76.1 cm³/mol. The summed E-state index contributed by atoms with van der Waals surface area (Å²) in [5, 5.41) is 11.7. The number of carbonyl (C=O) groups excluding carboxylic acids is 1. The summed E-state index contributed by atoms with van der Waals surface area (Å²) in [6.07, 6.45) is 3.46. The Balaban J connectivity index is 1.71. The molecule has 1 heterocycles. The number of hydrogen-bond donors (Lipinski definition) is 1. The summed E-state index contributed by atoms with van der Waals surface area (Å²) in [5.41, 5.74) is 1.34. The van der Waals surface area contributed by atoms with Gasteiger partial charge in [0, 0.05) is 18.9 Å². The van der Waals surface area contributed by atoms with E-state index in [9.17, 15) is 4.79 Å². The number of aromatic nitrogens is 2. The molecule has 0 atom stereocenters. The molecule has 0 aliphatic heterocycles. The van der Waals surface area contributed by atoms with Gasteiger partial charge in [-0.2, -0.15) is 5.26 Å². The zero-order valence-corrected chi connectivity index (χ0v) is 11.3. The minimum Gasteiger partial charge on any atom is -0.461 e. The minimum absolute atomic E-state index is 0.163. The van der Waals surface area contributed by atoms with E-state index in [2.05, 4.69) is 15.3 Å². The van der Waals surface area contributed by atoms with Crippen molar-refractivity contribution in [1.29, 1.82) is 5.26 Å². The maximum atomic E-state index is 11.6. The van der Waals surface area contributed by atoms with E-state index in [1.54, 1.807) is 36.7 Å². The van der Waals surface area contributed by atoms with Gasteiger partial charge in [0.05, 0.1) is 18.1 Å². The standard InChI is InChI=1S/C15H14N4O2/c16-10-12-3-1-4-13(9-12)11-21-14(20)5-8-19-15-17-6-2-7-18-15/h1-4,6-7,9H,5,8,11H2,(H,17,18,19). The Morgan fingerprint density at radius 3 is 2.86 bits per heavy atom. The highest BCUT2D eigenvalue weighted by atomic mass is 16.5. The van der Waals surface area contributed by atoms with Crippen LogP contribution in [-0.2, 0) is 16.1 Å². The van der Waals surface area contributed by atoms with Crippen molar-refractivity contribution < 1.29 is 9.53 Å². The maximum Gasteiger partial charge on any atom is 0.307 e. The average Bonchev–Trinajstić information content (AvgIpc) is 2.54. The highest BCUT2D eigenvalue weighted by Crippen LogP contribution is 2.06. The SMILES string of the molecule is N#Cc1cccc(COC(=O)CCNc2ncccn2)c1. The number of esters is 1. The molecule has 1 aromatic heterocycles. The molecule has 0 radical (unpaired) electrons. The molecule has 6 heteroatoms. The molecule has 0 amide bonds. The van der Waals surface area contributed by atoms with Crippen molar-refractivity contribution >= 4 is 11.9 Å². The summed E-state index contributed by atoms with van der Waals surface area (Å²) in [6, 6.07) is 10.7. The first-order valence-corrected chi connectivity index (χ1v) is 6.43. The summed E-state index contributed by atoms with van der Waals surface area (Å²) in [5.74, 6) is 0.160. The monoisotopic (exact) mass is 282 g/mol. The second-order valence-corrected chi connectivity index (χ2v) is 4.22. The first-order valence-electron chi connectivity index (χ1n) is 6.43. The second kappa shape index (κ2) is 7.60. The van der Waals surface area contributed by atoms with Crippen molar-refractivity contribution in [1.82, 2.24) is 9.97 Å². The van der Waals surface area contributed by atoms with Gasteiger partial charge in [-0.15, -0.1) is 0 Å². The van der Waals surface area contributed by atoms with Crippen molar-refractivity contribution in [2.24, 2.45) is 0 Å². The van der Waals surface area contributed by atoms with E-state index in [-0.39, 0.29) is 19.0 Å². The van der Waals surface area contributed by atoms with Crippen molar-refractivity contribution in [3.05, 3.63) is 53.9 Å². The Kier molecular flexibility index (Phi) is 5.24. The van der Waals surface area contributed by atoms with Gasteiger partial charge in [0.1, 0.15) is 6.61 Å². The summed E-state index contributed by atoms with van der Waals surface area (Å²) < 4.78 is 5.14. The number of carbonyl (C=O) groups is 1. The zero-order chi connectivity index (χ0) is 14.9. The topological polar surface area (TPSA) is 87.9 Å². The van der Waals surface area contributed by atoms with Crippen molar-refractivity contribution in [2.75, 3.05) is 11.9 Å². The van der Waals surface area contributed by atoms with Crippen molar-refractivity contribution in [3.63, 3.8) is 0 Å². The lowest BCUT2D eigenvalue weighted by Crippen LogP contribution is -2.12. The lowest BCUT2D eigenvalue weighted by Gasteiger charge is -2.06. The third-order valence-electron chi connectivity index (χ3n) is 2.63. The fraction of sp³-hybridized carbons (Fsp3) is 0.200. The van der Waals surface area contributed by atoms with Gasteiger partial charge < -0.3 is 10.1 Å². The lowest BCUT2D eigenvalue weighted by atomic mass is 10.1. The van der Waals surface area contributed by atoms with Crippen molar-refractivity contribution in [2.45, 2.75) is 13.0 Å². The smallest absolute Gasteiger partial charge is 0.307 e. The summed E-state index contributed by atoms with van der Waals surface area (Å²) in [4.78, 5) is 19.6. The Hall–Kier alpha value is -2.94. The summed E-state index contributed by atoms with van der Waals surface area (Å²) in [7, 11) is 0. The number of benzene rings is 1. The highest BCUT2D eigenvalue weighted by Gasteiger charge is 2.04. The summed E-state index contributed by atoms with van der Waals surface area (Å²) in [6.45, 7) is 0.567. The minimum atomic E-state index is -0.319. The molecule has 21 heavy (non-hydrogen) atoms. The number of nitrogens with one attached hydrogen (secondary N) is 1. The zero-order valence-electron chi connectivity index (χ0n) is 11.3. The Morgan fingerprint density at radius 1 is 1.29 bits per heavy atom. The van der Waals surface area contributed by atoms with Crippen LogP contribution in [0.3, 0.4) is 0 Å². The predicted octanol–water partition coefficient (Wildman–Crippen LogP) is 1.89. The third-order valence-corrected chi connectivity index (χ3v) is 2.63. The van der Waals surface area contributed by atoms with Crippen molar-refractivity contribution in [3.8, 4) is 6.07 Å². The third kappa shape index (κ3) is 4.91. The van der Waals surface area contributed by atoms with E-state index >= 15 is 0 Å². The molecule has 2 aromatic rings. The number of rotatable bonds is 6. The molecule has 0 saturated heterocycles. The van der Waals surface area contributed by atoms with Crippen LogP contribution in [-0.4, -0.2) is 22.5 Å². The highest BCUT2D eigenvalue weighted by molar-refractivity contribution is 5.70. The molecule has 6 nitrogen and oxygen atoms in total. The van der Waals surface area contributed by atoms with Crippen LogP contribution in [0.15, 0.2) is 42.7 Å². The molecular formula is C15H14N4O2. The van der Waals surface area contributed by atoms with Crippen LogP contribution in [0, 0.1) is 11.3 Å². The van der Waals surface area contributed by atoms with Gasteiger partial charge in [0.15, 0.2) is 0 Å². The van der Waals surface area contributed by atoms with Gasteiger partial charge in [0.25, 0.3) is 0 Å². The molecule has 0 aliphatic carbocycles. The Bertz CT molecular complexity index is 638. The molecule has 1 aromatic carbocycles. The molecule has 0 unspecified atom stereocenters. The van der Waals surface area contributed by atoms with E-state index in [0.29, 0.717) is 18.1 Å². The van der Waals surface area contributed by atoms with Gasteiger partial charge in [-0.1, -0.05) is 12.1 Å². The number of nitrogens with zero attached hydrogens (tertiary/aromatic N) is 3. The van der Waals surface area contributed by atoms with E-state index in [4.69, 9.17) is 10.00 Å². The van der Waals surface area contributed by atoms with Crippen LogP contribution in [0.4, 0.5) is 5.95 Å². The number of nitriles is 1. The molecule has 106 valence electrons. The molecule has 0 saturated carbocycles. The van der Waals surface area contributed by atoms with Gasteiger partial charge in [0.2, 0.25) is 5.95 Å². The van der Waals surface area contributed by atoms with E-state index < -0.39 is 0 Å². The molecule has 0 aliphatic rings. The molecular weight excluding hydrogens is 268 g/mol. The van der Waals surface area contributed by atoms with Gasteiger partial charge in [-0.25, -0.2) is 9.97 Å². The molecule has 2 rings (SSSR count). The first kappa shape index (κ1) is 14.5. The number of ether oxygens (including phenoxy) is 1. The molecule has 0 fully saturated rings. The fourth-order valence-electron chi connectivity index (χ4n) is 1.63. The summed E-state index contributed by atoms with van der Waals surface area (Å²) >= 11 is 0. The molecule has 1 N–H and O–H groups in total. The van der Waals surface area contributed by atoms with Gasteiger partial charge >= 0.3 is 5.97 Å². The molecule has 0 spiro atoms. The van der Waals surface area contributed by atoms with Crippen LogP contribution in [0.1, 0.15) is 17.5 Å². The normalized spacial score (nSPS) is 9.67. The van der Waals surface area contributed by atoms with Crippen LogP contribution >= 0.6 is 0 Å². The van der Waals surface area contributed by atoms with Gasteiger partial charge in [-0.05, 0) is 23.8 Å². The second-order valence-electron chi connectivity index (χ2n) is 4.22.